The summed E-state index contributed by atoms with van der Waals surface area (Å²) in [6, 6.07) is 5.52. The second-order valence-corrected chi connectivity index (χ2v) is 9.57. The van der Waals surface area contributed by atoms with Crippen LogP contribution < -0.4 is 16.8 Å². The second kappa shape index (κ2) is 8.09. The summed E-state index contributed by atoms with van der Waals surface area (Å²) >= 11 is 0. The zero-order valence-electron chi connectivity index (χ0n) is 18.1. The number of anilines is 1. The average Bonchev–Trinajstić information content (AvgIpc) is 3.07. The van der Waals surface area contributed by atoms with Crippen molar-refractivity contribution in [1.29, 1.82) is 0 Å². The first kappa shape index (κ1) is 21.5. The number of primary amides is 1. The van der Waals surface area contributed by atoms with Crippen LogP contribution in [0, 0.1) is 5.41 Å². The summed E-state index contributed by atoms with van der Waals surface area (Å²) in [6.07, 6.45) is 4.02. The minimum Gasteiger partial charge on any atom is -0.393 e. The molecule has 0 spiro atoms. The van der Waals surface area contributed by atoms with E-state index >= 15 is 0 Å². The lowest BCUT2D eigenvalue weighted by Crippen LogP contribution is -2.29. The smallest absolute Gasteiger partial charge is 0.250 e. The third-order valence-electron chi connectivity index (χ3n) is 6.38. The number of aliphatic hydroxyl groups is 1. The summed E-state index contributed by atoms with van der Waals surface area (Å²) in [5.41, 5.74) is 15.3. The van der Waals surface area contributed by atoms with E-state index < -0.39 is 5.91 Å². The van der Waals surface area contributed by atoms with Gasteiger partial charge < -0.3 is 21.9 Å². The summed E-state index contributed by atoms with van der Waals surface area (Å²) in [5, 5.41) is 17.9. The van der Waals surface area contributed by atoms with E-state index in [9.17, 15) is 14.7 Å². The Balaban J connectivity index is 1.75. The van der Waals surface area contributed by atoms with Gasteiger partial charge in [0.25, 0.3) is 5.91 Å². The number of fused-ring (bicyclic) bond motifs is 1. The molecule has 0 aliphatic heterocycles. The predicted octanol–water partition coefficient (Wildman–Crippen LogP) is 2.30. The lowest BCUT2D eigenvalue weighted by molar-refractivity contribution is 0.0909. The van der Waals surface area contributed by atoms with Crippen molar-refractivity contribution < 1.29 is 14.7 Å². The van der Waals surface area contributed by atoms with Crippen LogP contribution in [0.5, 0.6) is 0 Å². The molecule has 6 N–H and O–H groups in total. The highest BCUT2D eigenvalue weighted by atomic mass is 16.3. The van der Waals surface area contributed by atoms with Gasteiger partial charge in [0.05, 0.1) is 34.3 Å². The molecule has 1 aromatic heterocycles. The molecule has 1 saturated carbocycles. The number of amides is 1. The number of aliphatic hydroxyl groups excluding tert-OH is 1. The Morgan fingerprint density at radius 1 is 1.26 bits per heavy atom. The largest absolute Gasteiger partial charge is 0.393 e. The van der Waals surface area contributed by atoms with Gasteiger partial charge in [0.15, 0.2) is 5.78 Å². The predicted molar refractivity (Wildman–Crippen MR) is 118 cm³/mol. The molecule has 1 aromatic carbocycles. The van der Waals surface area contributed by atoms with Crippen LogP contribution in [0.25, 0.3) is 5.69 Å². The number of carbonyl (C=O) groups excluding carboxylic acids is 2. The highest BCUT2D eigenvalue weighted by Gasteiger charge is 2.36. The Hall–Kier alpha value is -2.71. The molecule has 0 bridgehead atoms. The molecule has 4 rings (SSSR count). The maximum absolute atomic E-state index is 12.8. The molecule has 0 saturated heterocycles. The highest BCUT2D eigenvalue weighted by Crippen LogP contribution is 2.37. The number of ketones is 1. The van der Waals surface area contributed by atoms with Gasteiger partial charge in [-0.3, -0.25) is 9.59 Å². The van der Waals surface area contributed by atoms with Crippen molar-refractivity contribution >= 4 is 17.4 Å². The molecule has 8 nitrogen and oxygen atoms in total. The number of nitrogens with one attached hydrogen (secondary N) is 1. The van der Waals surface area contributed by atoms with Gasteiger partial charge in [-0.2, -0.15) is 5.10 Å². The number of carbonyl (C=O) groups is 2. The number of hydrogen-bond donors (Lipinski definition) is 4. The SMILES string of the molecule is CC1(C)CC(=O)c2c(CN)nn(-c3ccc(C(N)=O)c(NC4CCC(O)CC4)c3)c2C1. The minimum absolute atomic E-state index is 0.0748. The number of hydrogen-bond acceptors (Lipinski definition) is 6. The van der Waals surface area contributed by atoms with E-state index in [2.05, 4.69) is 24.3 Å². The number of rotatable bonds is 5. The summed E-state index contributed by atoms with van der Waals surface area (Å²) in [5.74, 6) is -0.433. The van der Waals surface area contributed by atoms with Crippen molar-refractivity contribution in [1.82, 2.24) is 9.78 Å². The molecule has 0 atom stereocenters. The molecule has 0 unspecified atom stereocenters. The monoisotopic (exact) mass is 425 g/mol. The first-order chi connectivity index (χ1) is 14.7. The van der Waals surface area contributed by atoms with Gasteiger partial charge in [-0.05, 0) is 55.7 Å². The van der Waals surface area contributed by atoms with Crippen molar-refractivity contribution in [2.75, 3.05) is 5.32 Å². The first-order valence-corrected chi connectivity index (χ1v) is 10.9. The van der Waals surface area contributed by atoms with Gasteiger partial charge in [-0.15, -0.1) is 0 Å². The van der Waals surface area contributed by atoms with Crippen molar-refractivity contribution in [2.45, 2.75) is 71.1 Å². The fourth-order valence-electron chi connectivity index (χ4n) is 4.82. The highest BCUT2D eigenvalue weighted by molar-refractivity contribution is 6.00. The van der Waals surface area contributed by atoms with Gasteiger partial charge in [0.2, 0.25) is 0 Å². The van der Waals surface area contributed by atoms with Gasteiger partial charge >= 0.3 is 0 Å². The van der Waals surface area contributed by atoms with Crippen molar-refractivity contribution in [3.63, 3.8) is 0 Å². The zero-order valence-corrected chi connectivity index (χ0v) is 18.1. The van der Waals surface area contributed by atoms with Gasteiger partial charge in [-0.1, -0.05) is 13.8 Å². The van der Waals surface area contributed by atoms with Crippen molar-refractivity contribution in [2.24, 2.45) is 16.9 Å². The summed E-state index contributed by atoms with van der Waals surface area (Å²) in [7, 11) is 0. The van der Waals surface area contributed by atoms with E-state index in [0.717, 1.165) is 37.1 Å². The fourth-order valence-corrected chi connectivity index (χ4v) is 4.82. The van der Waals surface area contributed by atoms with Crippen LogP contribution >= 0.6 is 0 Å². The van der Waals surface area contributed by atoms with Crippen LogP contribution in [0.3, 0.4) is 0 Å². The Morgan fingerprint density at radius 3 is 2.61 bits per heavy atom. The standard InChI is InChI=1S/C23H31N5O3/c1-23(2)10-19-21(20(30)11-23)18(12-24)27-28(19)14-5-8-16(22(25)31)17(9-14)26-13-3-6-15(29)7-4-13/h5,8-9,13,15,26,29H,3-4,6-7,10-12,24H2,1-2H3,(H2,25,31). The Labute approximate surface area is 182 Å². The number of aromatic nitrogens is 2. The quantitative estimate of drug-likeness (QED) is 0.580. The van der Waals surface area contributed by atoms with Crippen LogP contribution in [0.1, 0.15) is 78.1 Å². The molecule has 2 aromatic rings. The second-order valence-electron chi connectivity index (χ2n) is 9.57. The lowest BCUT2D eigenvalue weighted by atomic mass is 9.75. The van der Waals surface area contributed by atoms with E-state index in [0.29, 0.717) is 35.3 Å². The Morgan fingerprint density at radius 2 is 1.97 bits per heavy atom. The number of benzene rings is 1. The van der Waals surface area contributed by atoms with Gasteiger partial charge in [-0.25, -0.2) is 4.68 Å². The van der Waals surface area contributed by atoms with Crippen LogP contribution in [0.2, 0.25) is 0 Å². The Bertz CT molecular complexity index is 1020. The number of nitrogens with two attached hydrogens (primary N) is 2. The molecule has 1 heterocycles. The van der Waals surface area contributed by atoms with Crippen LogP contribution in [-0.4, -0.2) is 38.7 Å². The van der Waals surface area contributed by atoms with E-state index in [4.69, 9.17) is 11.5 Å². The van der Waals surface area contributed by atoms with Crippen molar-refractivity contribution in [3.8, 4) is 5.69 Å². The molecule has 8 heteroatoms. The lowest BCUT2D eigenvalue weighted by Gasteiger charge is -2.29. The molecule has 2 aliphatic rings. The maximum atomic E-state index is 12.8. The average molecular weight is 426 g/mol. The summed E-state index contributed by atoms with van der Waals surface area (Å²) in [4.78, 5) is 24.9. The zero-order chi connectivity index (χ0) is 22.3. The fraction of sp³-hybridized carbons (Fsp3) is 0.522. The molecule has 166 valence electrons. The van der Waals surface area contributed by atoms with Gasteiger partial charge in [0.1, 0.15) is 0 Å². The van der Waals surface area contributed by atoms with Gasteiger partial charge in [0, 0.05) is 24.7 Å². The van der Waals surface area contributed by atoms with Crippen LogP contribution in [0.15, 0.2) is 18.2 Å². The van der Waals surface area contributed by atoms with Crippen molar-refractivity contribution in [3.05, 3.63) is 40.7 Å². The van der Waals surface area contributed by atoms with Crippen LogP contribution in [0.4, 0.5) is 5.69 Å². The third-order valence-corrected chi connectivity index (χ3v) is 6.38. The Kier molecular flexibility index (Phi) is 5.61. The van der Waals surface area contributed by atoms with E-state index in [-0.39, 0.29) is 29.9 Å². The molecular weight excluding hydrogens is 394 g/mol. The minimum atomic E-state index is -0.508. The summed E-state index contributed by atoms with van der Waals surface area (Å²) in [6.45, 7) is 4.35. The van der Waals surface area contributed by atoms with E-state index in [1.807, 2.05) is 6.07 Å². The summed E-state index contributed by atoms with van der Waals surface area (Å²) < 4.78 is 1.79. The normalized spacial score (nSPS) is 22.8. The number of nitrogens with zero attached hydrogens (tertiary/aromatic N) is 2. The van der Waals surface area contributed by atoms with E-state index in [1.54, 1.807) is 16.8 Å². The molecular formula is C23H31N5O3. The first-order valence-electron chi connectivity index (χ1n) is 10.9. The molecule has 2 aliphatic carbocycles. The van der Waals surface area contributed by atoms with E-state index in [1.165, 1.54) is 0 Å². The maximum Gasteiger partial charge on any atom is 0.250 e. The topological polar surface area (TPSA) is 136 Å². The molecule has 1 amide bonds. The molecule has 0 radical (unpaired) electrons. The number of Topliss-reactive ketones (excluding diaryl/α,β-unsaturated/α-hetero) is 1. The third kappa shape index (κ3) is 4.22. The molecule has 1 fully saturated rings. The molecule has 31 heavy (non-hydrogen) atoms. The van der Waals surface area contributed by atoms with Crippen LogP contribution in [-0.2, 0) is 13.0 Å².